The zero-order chi connectivity index (χ0) is 24.6. The molecule has 33 heavy (non-hydrogen) atoms. The van der Waals surface area contributed by atoms with Crippen LogP contribution in [0.15, 0.2) is 48.8 Å². The van der Waals surface area contributed by atoms with Gasteiger partial charge in [-0.15, -0.1) is 0 Å². The summed E-state index contributed by atoms with van der Waals surface area (Å²) in [6.07, 6.45) is 8.22. The first-order valence-corrected chi connectivity index (χ1v) is 12.3. The number of nitrogens with one attached hydrogen (secondary N) is 2. The fraction of sp³-hybridized carbons (Fsp3) is 0.348. The second-order valence-electron chi connectivity index (χ2n) is 7.87. The highest BCUT2D eigenvalue weighted by atomic mass is 32.2. The van der Waals surface area contributed by atoms with Crippen LogP contribution in [0.3, 0.4) is 0 Å². The topological polar surface area (TPSA) is 151 Å². The van der Waals surface area contributed by atoms with Crippen LogP contribution in [-0.4, -0.2) is 36.7 Å². The third kappa shape index (κ3) is 5.65. The number of aryl methyl sites for hydroxylation is 1. The van der Waals surface area contributed by atoms with Gasteiger partial charge in [-0.3, -0.25) is 25.2 Å². The van der Waals surface area contributed by atoms with Gasteiger partial charge in [0.15, 0.2) is 14.6 Å². The maximum Gasteiger partial charge on any atom is 0.259 e. The Morgan fingerprint density at radius 2 is 2.03 bits per heavy atom. The van der Waals surface area contributed by atoms with Crippen LogP contribution in [0.5, 0.6) is 0 Å². The molecule has 0 radical (unpaired) electrons. The van der Waals surface area contributed by atoms with E-state index in [1.165, 1.54) is 0 Å². The quantitative estimate of drug-likeness (QED) is 0.178. The number of allylic oxidation sites excluding steroid dienone is 1. The number of hydrogen-bond acceptors (Lipinski definition) is 7. The molecule has 178 valence electrons. The molecule has 0 aliphatic carbocycles. The number of hydroxylamine groups is 1. The van der Waals surface area contributed by atoms with E-state index >= 15 is 0 Å². The predicted octanol–water partition coefficient (Wildman–Crippen LogP) is 2.11. The van der Waals surface area contributed by atoms with Crippen molar-refractivity contribution >= 4 is 27.7 Å². The van der Waals surface area contributed by atoms with Gasteiger partial charge in [0.2, 0.25) is 0 Å². The molecule has 1 aromatic heterocycles. The Morgan fingerprint density at radius 1 is 1.30 bits per heavy atom. The van der Waals surface area contributed by atoms with Crippen LogP contribution in [0.25, 0.3) is 6.08 Å². The lowest BCUT2D eigenvalue weighted by Crippen LogP contribution is -2.52. The zero-order valence-electron chi connectivity index (χ0n) is 18.9. The van der Waals surface area contributed by atoms with Gasteiger partial charge in [-0.1, -0.05) is 55.3 Å². The molecule has 10 heteroatoms. The lowest BCUT2D eigenvalue weighted by molar-refractivity contribution is -0.131. The van der Waals surface area contributed by atoms with Crippen LogP contribution in [0.2, 0.25) is 0 Å². The molecule has 0 bridgehead atoms. The number of pyridine rings is 1. The van der Waals surface area contributed by atoms with E-state index in [0.717, 1.165) is 17.4 Å². The molecular formula is C23H30N4O5S. The minimum absolute atomic E-state index is 0.0378. The summed E-state index contributed by atoms with van der Waals surface area (Å²) in [4.78, 5) is 29.7. The number of carbonyl (C=O) groups is 2. The van der Waals surface area contributed by atoms with E-state index in [-0.39, 0.29) is 18.4 Å². The Hall–Kier alpha value is -3.08. The molecule has 1 heterocycles. The smallest absolute Gasteiger partial charge is 0.259 e. The molecule has 2 aromatic rings. The number of nitrogens with zero attached hydrogens (tertiary/aromatic N) is 1. The fourth-order valence-electron chi connectivity index (χ4n) is 4.00. The van der Waals surface area contributed by atoms with Gasteiger partial charge in [-0.25, -0.2) is 19.7 Å². The molecule has 0 aliphatic heterocycles. The standard InChI is InChI=1S/C23H30N4O5S/c1-4-12-23(22(29)26-24,33(3,31)32)20-11-10-16(2)14-19(20)18(21(28)27-30)9-5-7-17-8-6-13-25-15-17/h5-8,10-11,13-15,18,30H,4,9,12,24H2,1-3H3,(H,26,29)(H,27,28)/b7-5+/t18?,23-/m1/s1. The predicted molar refractivity (Wildman–Crippen MR) is 125 cm³/mol. The zero-order valence-corrected chi connectivity index (χ0v) is 19.7. The van der Waals surface area contributed by atoms with Gasteiger partial charge >= 0.3 is 0 Å². The maximum absolute atomic E-state index is 13.1. The van der Waals surface area contributed by atoms with Gasteiger partial charge in [-0.2, -0.15) is 0 Å². The molecule has 1 unspecified atom stereocenters. The van der Waals surface area contributed by atoms with Crippen molar-refractivity contribution in [3.05, 3.63) is 71.1 Å². The van der Waals surface area contributed by atoms with Gasteiger partial charge in [0.1, 0.15) is 0 Å². The highest BCUT2D eigenvalue weighted by Gasteiger charge is 2.50. The molecule has 5 N–H and O–H groups in total. The molecule has 2 amide bonds. The third-order valence-corrected chi connectivity index (χ3v) is 7.42. The number of carbonyl (C=O) groups excluding carboxylic acids is 2. The van der Waals surface area contributed by atoms with Gasteiger partial charge in [-0.05, 0) is 42.5 Å². The second-order valence-corrected chi connectivity index (χ2v) is 10.1. The van der Waals surface area contributed by atoms with Crippen molar-refractivity contribution in [3.8, 4) is 0 Å². The van der Waals surface area contributed by atoms with Crippen molar-refractivity contribution in [1.29, 1.82) is 0 Å². The number of hydrazine groups is 1. The van der Waals surface area contributed by atoms with Crippen LogP contribution in [0, 0.1) is 6.92 Å². The van der Waals surface area contributed by atoms with E-state index in [2.05, 4.69) is 4.98 Å². The lowest BCUT2D eigenvalue weighted by Gasteiger charge is -2.33. The Morgan fingerprint density at radius 3 is 2.58 bits per heavy atom. The van der Waals surface area contributed by atoms with E-state index in [4.69, 9.17) is 5.84 Å². The van der Waals surface area contributed by atoms with Gasteiger partial charge in [0, 0.05) is 18.6 Å². The molecule has 2 atom stereocenters. The van der Waals surface area contributed by atoms with Crippen molar-refractivity contribution in [2.45, 2.75) is 43.8 Å². The van der Waals surface area contributed by atoms with Gasteiger partial charge in [0.25, 0.3) is 11.8 Å². The van der Waals surface area contributed by atoms with E-state index < -0.39 is 32.3 Å². The molecule has 2 rings (SSSR count). The summed E-state index contributed by atoms with van der Waals surface area (Å²) in [6, 6.07) is 8.49. The monoisotopic (exact) mass is 474 g/mol. The Balaban J connectivity index is 2.72. The average molecular weight is 475 g/mol. The van der Waals surface area contributed by atoms with Crippen molar-refractivity contribution < 1.29 is 23.2 Å². The summed E-state index contributed by atoms with van der Waals surface area (Å²) in [5.74, 6) is 2.82. The summed E-state index contributed by atoms with van der Waals surface area (Å²) in [5, 5.41) is 9.41. The van der Waals surface area contributed by atoms with Crippen molar-refractivity contribution in [2.24, 2.45) is 5.84 Å². The molecule has 0 aliphatic rings. The average Bonchev–Trinajstić information content (AvgIpc) is 2.79. The molecule has 9 nitrogen and oxygen atoms in total. The minimum atomic E-state index is -4.03. The summed E-state index contributed by atoms with van der Waals surface area (Å²) >= 11 is 0. The molecule has 0 saturated heterocycles. The molecule has 1 aromatic carbocycles. The number of sulfone groups is 1. The molecular weight excluding hydrogens is 444 g/mol. The van der Waals surface area contributed by atoms with Crippen molar-refractivity contribution in [2.75, 3.05) is 6.26 Å². The Labute approximate surface area is 194 Å². The van der Waals surface area contributed by atoms with Crippen LogP contribution >= 0.6 is 0 Å². The first kappa shape index (κ1) is 26.2. The number of amides is 2. The largest absolute Gasteiger partial charge is 0.293 e. The van der Waals surface area contributed by atoms with E-state index in [1.807, 2.05) is 11.5 Å². The summed E-state index contributed by atoms with van der Waals surface area (Å²) in [7, 11) is -4.03. The number of aromatic nitrogens is 1. The summed E-state index contributed by atoms with van der Waals surface area (Å²) < 4.78 is 24.1. The lowest BCUT2D eigenvalue weighted by atomic mass is 9.81. The van der Waals surface area contributed by atoms with Crippen molar-refractivity contribution in [1.82, 2.24) is 15.9 Å². The van der Waals surface area contributed by atoms with E-state index in [9.17, 15) is 23.2 Å². The first-order valence-electron chi connectivity index (χ1n) is 10.4. The van der Waals surface area contributed by atoms with E-state index in [1.54, 1.807) is 68.1 Å². The molecule has 0 fully saturated rings. The number of rotatable bonds is 10. The van der Waals surface area contributed by atoms with Crippen molar-refractivity contribution in [3.63, 3.8) is 0 Å². The van der Waals surface area contributed by atoms with Crippen LogP contribution < -0.4 is 16.7 Å². The summed E-state index contributed by atoms with van der Waals surface area (Å²) in [5.41, 5.74) is 5.70. The second kappa shape index (κ2) is 11.2. The minimum Gasteiger partial charge on any atom is -0.293 e. The molecule has 0 spiro atoms. The SMILES string of the molecule is CCC[C@](C(=O)NN)(c1ccc(C)cc1C(C/C=C/c1cccnc1)C(=O)NO)S(C)(=O)=O. The summed E-state index contributed by atoms with van der Waals surface area (Å²) in [6.45, 7) is 3.55. The Bertz CT molecular complexity index is 1120. The maximum atomic E-state index is 13.1. The van der Waals surface area contributed by atoms with Gasteiger partial charge < -0.3 is 0 Å². The third-order valence-electron chi connectivity index (χ3n) is 5.54. The first-order chi connectivity index (χ1) is 15.6. The number of nitrogens with two attached hydrogens (primary N) is 1. The van der Waals surface area contributed by atoms with Crippen LogP contribution in [0.1, 0.15) is 54.4 Å². The number of benzene rings is 1. The van der Waals surface area contributed by atoms with E-state index in [0.29, 0.717) is 12.0 Å². The highest BCUT2D eigenvalue weighted by molar-refractivity contribution is 7.92. The van der Waals surface area contributed by atoms with Gasteiger partial charge in [0.05, 0.1) is 5.92 Å². The Kier molecular flexibility index (Phi) is 8.86. The van der Waals surface area contributed by atoms with Crippen LogP contribution in [-0.2, 0) is 24.2 Å². The highest BCUT2D eigenvalue weighted by Crippen LogP contribution is 2.41. The number of hydrogen-bond donors (Lipinski definition) is 4. The fourth-order valence-corrected chi connectivity index (χ4v) is 5.55. The normalized spacial score (nSPS) is 14.5. The molecule has 0 saturated carbocycles. The van der Waals surface area contributed by atoms with Crippen LogP contribution in [0.4, 0.5) is 0 Å².